The molecule has 3 fully saturated rings. The van der Waals surface area contributed by atoms with Gasteiger partial charge in [-0.25, -0.2) is 0 Å². The summed E-state index contributed by atoms with van der Waals surface area (Å²) in [5.74, 6) is 0. The average molecular weight is 595 g/mol. The third-order valence-electron chi connectivity index (χ3n) is 7.33. The van der Waals surface area contributed by atoms with Gasteiger partial charge in [-0.2, -0.15) is 0 Å². The van der Waals surface area contributed by atoms with Crippen LogP contribution in [0, 0.1) is 0 Å². The molecule has 234 valence electrons. The predicted octanol–water partition coefficient (Wildman–Crippen LogP) is -5.35. The van der Waals surface area contributed by atoms with E-state index in [1.165, 1.54) is 0 Å². The van der Waals surface area contributed by atoms with E-state index in [9.17, 15) is 51.1 Å². The molecule has 3 saturated heterocycles. The van der Waals surface area contributed by atoms with E-state index in [2.05, 4.69) is 0 Å². The highest BCUT2D eigenvalue weighted by atomic mass is 16.8. The van der Waals surface area contributed by atoms with E-state index in [4.69, 9.17) is 28.4 Å². The minimum absolute atomic E-state index is 0.0314. The normalized spacial score (nSPS) is 45.5. The molecule has 0 saturated carbocycles. The summed E-state index contributed by atoms with van der Waals surface area (Å²) in [5.41, 5.74) is 0.764. The SMILES string of the molecule is OC[C@H]1O[C@@H](O[C@H]2[C@H](O)[C@H](O)[C@H](O[C@H]3[C@H](O)[C@H](O)[C@H](OCc4ccccc4)O[C@@H]3CO)O[C@@H]2CO)[C@H](O)[C@@H](O)[C@@H]1O. The predicted molar refractivity (Wildman–Crippen MR) is 130 cm³/mol. The number of aliphatic hydroxyl groups excluding tert-OH is 10. The van der Waals surface area contributed by atoms with Crippen molar-refractivity contribution in [2.24, 2.45) is 0 Å². The molecule has 3 aliphatic rings. The first kappa shape index (κ1) is 32.5. The second-order valence-electron chi connectivity index (χ2n) is 10.1. The van der Waals surface area contributed by atoms with Gasteiger partial charge in [0.2, 0.25) is 0 Å². The maximum absolute atomic E-state index is 10.8. The lowest BCUT2D eigenvalue weighted by molar-refractivity contribution is -0.379. The van der Waals surface area contributed by atoms with Gasteiger partial charge in [0.1, 0.15) is 73.2 Å². The van der Waals surface area contributed by atoms with Crippen molar-refractivity contribution in [2.75, 3.05) is 19.8 Å². The second-order valence-corrected chi connectivity index (χ2v) is 10.1. The first-order chi connectivity index (χ1) is 19.6. The highest BCUT2D eigenvalue weighted by Crippen LogP contribution is 2.32. The first-order valence-corrected chi connectivity index (χ1v) is 13.1. The van der Waals surface area contributed by atoms with Gasteiger partial charge in [-0.05, 0) is 5.56 Å². The minimum atomic E-state index is -1.90. The zero-order valence-corrected chi connectivity index (χ0v) is 21.8. The van der Waals surface area contributed by atoms with Gasteiger partial charge in [-0.15, -0.1) is 0 Å². The van der Waals surface area contributed by atoms with Gasteiger partial charge in [0.05, 0.1) is 26.4 Å². The summed E-state index contributed by atoms with van der Waals surface area (Å²) in [4.78, 5) is 0. The minimum Gasteiger partial charge on any atom is -0.394 e. The van der Waals surface area contributed by atoms with Gasteiger partial charge in [-0.3, -0.25) is 0 Å². The molecule has 0 unspecified atom stereocenters. The van der Waals surface area contributed by atoms with Gasteiger partial charge in [0.15, 0.2) is 18.9 Å². The van der Waals surface area contributed by atoms with Crippen molar-refractivity contribution in [3.63, 3.8) is 0 Å². The second kappa shape index (κ2) is 14.4. The van der Waals surface area contributed by atoms with Gasteiger partial charge in [0, 0.05) is 0 Å². The van der Waals surface area contributed by atoms with Crippen molar-refractivity contribution >= 4 is 0 Å². The molecule has 0 aliphatic carbocycles. The maximum atomic E-state index is 10.8. The van der Waals surface area contributed by atoms with Crippen molar-refractivity contribution in [3.8, 4) is 0 Å². The van der Waals surface area contributed by atoms with Crippen LogP contribution >= 0.6 is 0 Å². The third kappa shape index (κ3) is 7.05. The molecule has 0 bridgehead atoms. The van der Waals surface area contributed by atoms with E-state index >= 15 is 0 Å². The van der Waals surface area contributed by atoms with E-state index in [1.807, 2.05) is 6.07 Å². The van der Waals surface area contributed by atoms with E-state index in [0.29, 0.717) is 0 Å². The molecule has 0 radical (unpaired) electrons. The van der Waals surface area contributed by atoms with Crippen LogP contribution in [0.5, 0.6) is 0 Å². The largest absolute Gasteiger partial charge is 0.394 e. The maximum Gasteiger partial charge on any atom is 0.187 e. The molecule has 3 heterocycles. The molecule has 10 N–H and O–H groups in total. The number of aliphatic hydroxyl groups is 10. The Morgan fingerprint density at radius 2 is 0.951 bits per heavy atom. The van der Waals surface area contributed by atoms with Crippen molar-refractivity contribution in [2.45, 2.75) is 98.7 Å². The number of benzene rings is 1. The van der Waals surface area contributed by atoms with Crippen LogP contribution < -0.4 is 0 Å². The van der Waals surface area contributed by atoms with Crippen LogP contribution in [0.25, 0.3) is 0 Å². The van der Waals surface area contributed by atoms with Gasteiger partial charge in [-0.1, -0.05) is 30.3 Å². The van der Waals surface area contributed by atoms with E-state index < -0.39 is 112 Å². The molecule has 41 heavy (non-hydrogen) atoms. The van der Waals surface area contributed by atoms with E-state index in [-0.39, 0.29) is 6.61 Å². The Morgan fingerprint density at radius 3 is 1.46 bits per heavy atom. The van der Waals surface area contributed by atoms with Crippen LogP contribution in [0.2, 0.25) is 0 Å². The molecule has 1 aromatic carbocycles. The Bertz CT molecular complexity index is 920. The van der Waals surface area contributed by atoms with E-state index in [1.54, 1.807) is 24.3 Å². The zero-order chi connectivity index (χ0) is 29.8. The summed E-state index contributed by atoms with van der Waals surface area (Å²) < 4.78 is 33.1. The van der Waals surface area contributed by atoms with Crippen LogP contribution in [0.1, 0.15) is 5.56 Å². The Morgan fingerprint density at radius 1 is 0.512 bits per heavy atom. The van der Waals surface area contributed by atoms with Crippen LogP contribution in [0.4, 0.5) is 0 Å². The quantitative estimate of drug-likeness (QED) is 0.121. The van der Waals surface area contributed by atoms with Gasteiger partial charge < -0.3 is 79.5 Å². The standard InChI is InChI=1S/C25H38O16/c26-6-11-14(29)15(30)18(33)24(37-11)40-22-13(8-28)39-25(20(35)17(22)32)41-21-12(7-27)38-23(19(34)16(21)31)36-9-10-4-2-1-3-5-10/h1-5,11-35H,6-9H2/t11-,12-,13-,14-,15+,16-,17-,18-,19+,20+,21-,22-,23-,24+,25+/m1/s1. The smallest absolute Gasteiger partial charge is 0.187 e. The fraction of sp³-hybridized carbons (Fsp3) is 0.760. The number of hydrogen-bond donors (Lipinski definition) is 10. The summed E-state index contributed by atoms with van der Waals surface area (Å²) in [7, 11) is 0. The van der Waals surface area contributed by atoms with Crippen molar-refractivity contribution in [1.29, 1.82) is 0 Å². The lowest BCUT2D eigenvalue weighted by Crippen LogP contribution is -2.66. The fourth-order valence-corrected chi connectivity index (χ4v) is 4.93. The monoisotopic (exact) mass is 594 g/mol. The van der Waals surface area contributed by atoms with Crippen LogP contribution in [0.15, 0.2) is 30.3 Å². The molecule has 0 amide bonds. The molecule has 3 aliphatic heterocycles. The number of ether oxygens (including phenoxy) is 6. The summed E-state index contributed by atoms with van der Waals surface area (Å²) in [5, 5.41) is 102. The molecule has 16 heteroatoms. The lowest BCUT2D eigenvalue weighted by Gasteiger charge is -2.48. The molecular weight excluding hydrogens is 556 g/mol. The number of rotatable bonds is 10. The van der Waals surface area contributed by atoms with Crippen molar-refractivity contribution < 1.29 is 79.5 Å². The van der Waals surface area contributed by atoms with E-state index in [0.717, 1.165) is 5.56 Å². The zero-order valence-electron chi connectivity index (χ0n) is 21.8. The summed E-state index contributed by atoms with van der Waals surface area (Å²) >= 11 is 0. The van der Waals surface area contributed by atoms with Gasteiger partial charge in [0.25, 0.3) is 0 Å². The molecule has 0 aromatic heterocycles. The summed E-state index contributed by atoms with van der Waals surface area (Å²) in [6.07, 6.45) is -24.2. The Labute approximate surface area is 234 Å². The molecule has 0 spiro atoms. The highest BCUT2D eigenvalue weighted by molar-refractivity contribution is 5.13. The average Bonchev–Trinajstić information content (AvgIpc) is 2.99. The Kier molecular flexibility index (Phi) is 11.4. The fourth-order valence-electron chi connectivity index (χ4n) is 4.93. The van der Waals surface area contributed by atoms with Crippen molar-refractivity contribution in [3.05, 3.63) is 35.9 Å². The Hall–Kier alpha value is -1.42. The van der Waals surface area contributed by atoms with Gasteiger partial charge >= 0.3 is 0 Å². The number of hydrogen-bond acceptors (Lipinski definition) is 16. The molecule has 1 aromatic rings. The van der Waals surface area contributed by atoms with Crippen LogP contribution in [-0.4, -0.2) is 163 Å². The molecule has 15 atom stereocenters. The van der Waals surface area contributed by atoms with Crippen LogP contribution in [-0.2, 0) is 35.0 Å². The Balaban J connectivity index is 1.41. The van der Waals surface area contributed by atoms with Crippen LogP contribution in [0.3, 0.4) is 0 Å². The molecule has 16 nitrogen and oxygen atoms in total. The van der Waals surface area contributed by atoms with Crippen molar-refractivity contribution in [1.82, 2.24) is 0 Å². The summed E-state index contributed by atoms with van der Waals surface area (Å²) in [6, 6.07) is 8.94. The summed E-state index contributed by atoms with van der Waals surface area (Å²) in [6.45, 7) is -2.21. The third-order valence-corrected chi connectivity index (χ3v) is 7.33. The molecular formula is C25H38O16. The lowest BCUT2D eigenvalue weighted by atomic mass is 9.96. The molecule has 4 rings (SSSR count). The first-order valence-electron chi connectivity index (χ1n) is 13.1. The highest BCUT2D eigenvalue weighted by Gasteiger charge is 2.53. The topological polar surface area (TPSA) is 258 Å².